The maximum atomic E-state index is 13.0. The fourth-order valence-electron chi connectivity index (χ4n) is 4.86. The summed E-state index contributed by atoms with van der Waals surface area (Å²) in [5.74, 6) is 1.55. The molecule has 3 aliphatic rings. The Balaban J connectivity index is 1.40. The van der Waals surface area contributed by atoms with Crippen molar-refractivity contribution in [2.24, 2.45) is 11.8 Å². The second kappa shape index (κ2) is 11.6. The number of hydrogen-bond donors (Lipinski definition) is 0. The van der Waals surface area contributed by atoms with E-state index in [1.54, 1.807) is 4.90 Å². The molecule has 1 aromatic heterocycles. The normalized spacial score (nSPS) is 24.3. The zero-order chi connectivity index (χ0) is 23.2. The number of likely N-dealkylation sites (tertiary alicyclic amines) is 1. The third kappa shape index (κ3) is 6.20. The summed E-state index contributed by atoms with van der Waals surface area (Å²) in [6.07, 6.45) is 6.22. The average Bonchev–Trinajstić information content (AvgIpc) is 3.49. The van der Waals surface area contributed by atoms with Crippen LogP contribution in [0.3, 0.4) is 0 Å². The number of rotatable bonds is 8. The SMILES string of the molecule is CCOC(=O)C1CCCN(C(=O)CSc2nnc(N3CCC(C)CC3)n2CC2CCCO2)C1. The molecule has 0 N–H and O–H groups in total. The predicted octanol–water partition coefficient (Wildman–Crippen LogP) is 2.59. The molecule has 4 heterocycles. The standard InChI is InChI=1S/C23H37N5O4S/c1-3-31-21(30)18-6-4-10-27(14-18)20(29)16-33-23-25-24-22(26-11-8-17(2)9-12-26)28(23)15-19-7-5-13-32-19/h17-19H,3-16H2,1-2H3. The maximum absolute atomic E-state index is 13.0. The number of carbonyl (C=O) groups is 2. The first-order valence-corrected chi connectivity index (χ1v) is 13.4. The molecule has 3 aliphatic heterocycles. The number of anilines is 1. The number of piperidine rings is 2. The monoisotopic (exact) mass is 479 g/mol. The van der Waals surface area contributed by atoms with E-state index in [1.807, 2.05) is 6.92 Å². The number of ether oxygens (including phenoxy) is 2. The Morgan fingerprint density at radius 2 is 1.94 bits per heavy atom. The molecule has 0 aliphatic carbocycles. The van der Waals surface area contributed by atoms with Gasteiger partial charge in [-0.3, -0.25) is 14.2 Å². The van der Waals surface area contributed by atoms with Gasteiger partial charge in [0.2, 0.25) is 11.9 Å². The number of thioether (sulfide) groups is 1. The molecule has 184 valence electrons. The molecule has 10 heteroatoms. The lowest BCUT2D eigenvalue weighted by Gasteiger charge is -2.32. The quantitative estimate of drug-likeness (QED) is 0.415. The molecule has 0 saturated carbocycles. The van der Waals surface area contributed by atoms with Gasteiger partial charge in [-0.25, -0.2) is 0 Å². The van der Waals surface area contributed by atoms with Gasteiger partial charge in [0.15, 0.2) is 5.16 Å². The summed E-state index contributed by atoms with van der Waals surface area (Å²) >= 11 is 1.44. The lowest BCUT2D eigenvalue weighted by Crippen LogP contribution is -2.43. The van der Waals surface area contributed by atoms with Gasteiger partial charge in [0.05, 0.1) is 30.9 Å². The van der Waals surface area contributed by atoms with Crippen LogP contribution in [0.4, 0.5) is 5.95 Å². The summed E-state index contributed by atoms with van der Waals surface area (Å²) in [6.45, 7) is 9.11. The smallest absolute Gasteiger partial charge is 0.310 e. The first-order chi connectivity index (χ1) is 16.0. The van der Waals surface area contributed by atoms with Crippen LogP contribution in [0.15, 0.2) is 5.16 Å². The van der Waals surface area contributed by atoms with Crippen molar-refractivity contribution < 1.29 is 19.1 Å². The molecule has 0 aromatic carbocycles. The summed E-state index contributed by atoms with van der Waals surface area (Å²) in [5.41, 5.74) is 0. The van der Waals surface area contributed by atoms with Gasteiger partial charge in [-0.15, -0.1) is 10.2 Å². The van der Waals surface area contributed by atoms with Gasteiger partial charge >= 0.3 is 5.97 Å². The van der Waals surface area contributed by atoms with Gasteiger partial charge < -0.3 is 19.3 Å². The fraction of sp³-hybridized carbons (Fsp3) is 0.826. The number of esters is 1. The summed E-state index contributed by atoms with van der Waals surface area (Å²) < 4.78 is 13.2. The van der Waals surface area contributed by atoms with Gasteiger partial charge in [0.1, 0.15) is 0 Å². The Labute approximate surface area is 200 Å². The van der Waals surface area contributed by atoms with Crippen LogP contribution in [0.2, 0.25) is 0 Å². The van der Waals surface area contributed by atoms with Gasteiger partial charge in [-0.2, -0.15) is 0 Å². The molecule has 4 rings (SSSR count). The van der Waals surface area contributed by atoms with Crippen LogP contribution in [0.1, 0.15) is 52.4 Å². The second-order valence-electron chi connectivity index (χ2n) is 9.42. The molecular formula is C23H37N5O4S. The Bertz CT molecular complexity index is 805. The van der Waals surface area contributed by atoms with Crippen molar-refractivity contribution in [2.75, 3.05) is 50.0 Å². The van der Waals surface area contributed by atoms with Crippen LogP contribution in [0, 0.1) is 11.8 Å². The number of aromatic nitrogens is 3. The van der Waals surface area contributed by atoms with Crippen LogP contribution in [0.25, 0.3) is 0 Å². The highest BCUT2D eigenvalue weighted by atomic mass is 32.2. The topological polar surface area (TPSA) is 89.8 Å². The molecule has 3 saturated heterocycles. The van der Waals surface area contributed by atoms with E-state index in [2.05, 4.69) is 26.6 Å². The average molecular weight is 480 g/mol. The molecule has 0 radical (unpaired) electrons. The molecule has 2 atom stereocenters. The second-order valence-corrected chi connectivity index (χ2v) is 10.4. The van der Waals surface area contributed by atoms with Crippen LogP contribution < -0.4 is 4.90 Å². The van der Waals surface area contributed by atoms with Crippen LogP contribution in [0.5, 0.6) is 0 Å². The van der Waals surface area contributed by atoms with Crippen molar-refractivity contribution in [1.29, 1.82) is 0 Å². The van der Waals surface area contributed by atoms with Crippen molar-refractivity contribution in [3.63, 3.8) is 0 Å². The summed E-state index contributed by atoms with van der Waals surface area (Å²) in [6, 6.07) is 0. The molecule has 0 bridgehead atoms. The Morgan fingerprint density at radius 1 is 1.12 bits per heavy atom. The van der Waals surface area contributed by atoms with E-state index < -0.39 is 0 Å². The van der Waals surface area contributed by atoms with Gasteiger partial charge in [-0.1, -0.05) is 18.7 Å². The maximum Gasteiger partial charge on any atom is 0.310 e. The summed E-state index contributed by atoms with van der Waals surface area (Å²) in [5, 5.41) is 9.77. The molecule has 1 amide bonds. The molecule has 3 fully saturated rings. The molecule has 2 unspecified atom stereocenters. The minimum Gasteiger partial charge on any atom is -0.466 e. The third-order valence-electron chi connectivity index (χ3n) is 6.89. The van der Waals surface area contributed by atoms with Crippen molar-refractivity contribution >= 4 is 29.6 Å². The van der Waals surface area contributed by atoms with Crippen molar-refractivity contribution in [3.05, 3.63) is 0 Å². The van der Waals surface area contributed by atoms with Gasteiger partial charge in [0, 0.05) is 32.8 Å². The van der Waals surface area contributed by atoms with E-state index in [4.69, 9.17) is 9.47 Å². The van der Waals surface area contributed by atoms with Crippen molar-refractivity contribution in [2.45, 2.75) is 70.2 Å². The van der Waals surface area contributed by atoms with Gasteiger partial charge in [0.25, 0.3) is 0 Å². The lowest BCUT2D eigenvalue weighted by molar-refractivity contribution is -0.151. The van der Waals surface area contributed by atoms with E-state index in [9.17, 15) is 9.59 Å². The largest absolute Gasteiger partial charge is 0.466 e. The first-order valence-electron chi connectivity index (χ1n) is 12.4. The lowest BCUT2D eigenvalue weighted by atomic mass is 9.98. The zero-order valence-electron chi connectivity index (χ0n) is 19.9. The molecular weight excluding hydrogens is 442 g/mol. The molecule has 9 nitrogen and oxygen atoms in total. The number of nitrogens with zero attached hydrogens (tertiary/aromatic N) is 5. The fourth-order valence-corrected chi connectivity index (χ4v) is 5.70. The molecule has 1 aromatic rings. The van der Waals surface area contributed by atoms with Crippen LogP contribution >= 0.6 is 11.8 Å². The van der Waals surface area contributed by atoms with Crippen molar-refractivity contribution in [1.82, 2.24) is 19.7 Å². The third-order valence-corrected chi connectivity index (χ3v) is 7.84. The van der Waals surface area contributed by atoms with E-state index >= 15 is 0 Å². The number of carbonyl (C=O) groups excluding carboxylic acids is 2. The van der Waals surface area contributed by atoms with E-state index in [1.165, 1.54) is 11.8 Å². The molecule has 33 heavy (non-hydrogen) atoms. The van der Waals surface area contributed by atoms with E-state index in [0.29, 0.717) is 19.7 Å². The van der Waals surface area contributed by atoms with E-state index in [0.717, 1.165) is 81.8 Å². The highest BCUT2D eigenvalue weighted by Gasteiger charge is 2.30. The minimum absolute atomic E-state index is 0.0361. The van der Waals surface area contributed by atoms with Crippen molar-refractivity contribution in [3.8, 4) is 0 Å². The Hall–Kier alpha value is -1.81. The predicted molar refractivity (Wildman–Crippen MR) is 126 cm³/mol. The number of amides is 1. The zero-order valence-corrected chi connectivity index (χ0v) is 20.7. The highest BCUT2D eigenvalue weighted by Crippen LogP contribution is 2.28. The van der Waals surface area contributed by atoms with Crippen LogP contribution in [-0.4, -0.2) is 82.8 Å². The first kappa shape index (κ1) is 24.3. The Kier molecular flexibility index (Phi) is 8.51. The van der Waals surface area contributed by atoms with Gasteiger partial charge in [-0.05, 0) is 51.4 Å². The molecule has 0 spiro atoms. The minimum atomic E-state index is -0.219. The Morgan fingerprint density at radius 3 is 2.67 bits per heavy atom. The van der Waals surface area contributed by atoms with Crippen LogP contribution in [-0.2, 0) is 25.6 Å². The highest BCUT2D eigenvalue weighted by molar-refractivity contribution is 7.99. The van der Waals surface area contributed by atoms with E-state index in [-0.39, 0.29) is 29.7 Å². The summed E-state index contributed by atoms with van der Waals surface area (Å²) in [7, 11) is 0. The summed E-state index contributed by atoms with van der Waals surface area (Å²) in [4.78, 5) is 29.2. The number of hydrogen-bond acceptors (Lipinski definition) is 8.